The minimum Gasteiger partial charge on any atom is -0.477 e. The molecule has 8 heteroatoms. The van der Waals surface area contributed by atoms with E-state index in [9.17, 15) is 19.5 Å². The van der Waals surface area contributed by atoms with Crippen molar-refractivity contribution in [1.29, 1.82) is 0 Å². The first-order chi connectivity index (χ1) is 19.6. The van der Waals surface area contributed by atoms with Gasteiger partial charge in [0.25, 0.3) is 0 Å². The monoisotopic (exact) mass is 582 g/mol. The lowest BCUT2D eigenvalue weighted by molar-refractivity contribution is -0.887. The molecule has 0 radical (unpaired) electrons. The van der Waals surface area contributed by atoms with Gasteiger partial charge in [0.2, 0.25) is 0 Å². The molecule has 0 saturated heterocycles. The number of quaternary nitrogens is 1. The Hall–Kier alpha value is -2.19. The van der Waals surface area contributed by atoms with Gasteiger partial charge in [-0.15, -0.1) is 0 Å². The van der Waals surface area contributed by atoms with Crippen molar-refractivity contribution < 1.29 is 38.2 Å². The number of carbonyl (C=O) groups excluding carboxylic acids is 2. The number of ether oxygens (including phenoxy) is 3. The van der Waals surface area contributed by atoms with Crippen LogP contribution in [0.5, 0.6) is 0 Å². The average molecular weight is 583 g/mol. The Labute approximate surface area is 250 Å². The Morgan fingerprint density at radius 3 is 1.98 bits per heavy atom. The lowest BCUT2D eigenvalue weighted by Crippen LogP contribution is -2.50. The summed E-state index contributed by atoms with van der Waals surface area (Å²) in [5.41, 5.74) is 0. The predicted molar refractivity (Wildman–Crippen MR) is 165 cm³/mol. The third-order valence-corrected chi connectivity index (χ3v) is 6.83. The molecule has 2 atom stereocenters. The first kappa shape index (κ1) is 38.8. The average Bonchev–Trinajstić information content (AvgIpc) is 2.91. The van der Waals surface area contributed by atoms with Crippen molar-refractivity contribution in [2.45, 2.75) is 129 Å². The van der Waals surface area contributed by atoms with E-state index in [0.717, 1.165) is 77.0 Å². The fraction of sp³-hybridized carbons (Fsp3) is 0.788. The second-order valence-electron chi connectivity index (χ2n) is 11.7. The maximum atomic E-state index is 12.5. The van der Waals surface area contributed by atoms with E-state index in [1.165, 1.54) is 6.42 Å². The molecule has 0 saturated carbocycles. The summed E-state index contributed by atoms with van der Waals surface area (Å²) in [5.74, 6) is -1.51. The molecule has 0 aromatic rings. The Morgan fingerprint density at radius 2 is 1.34 bits per heavy atom. The number of esters is 2. The van der Waals surface area contributed by atoms with Gasteiger partial charge in [0, 0.05) is 19.3 Å². The van der Waals surface area contributed by atoms with Gasteiger partial charge in [0.15, 0.2) is 12.1 Å². The maximum absolute atomic E-state index is 12.5. The third-order valence-electron chi connectivity index (χ3n) is 6.83. The van der Waals surface area contributed by atoms with Gasteiger partial charge >= 0.3 is 17.9 Å². The van der Waals surface area contributed by atoms with Crippen LogP contribution in [0.25, 0.3) is 0 Å². The van der Waals surface area contributed by atoms with Crippen molar-refractivity contribution in [2.24, 2.45) is 0 Å². The molecule has 41 heavy (non-hydrogen) atoms. The minimum absolute atomic E-state index is 0.0558. The number of likely N-dealkylation sites (N-methyl/N-ethyl adjacent to an activating group) is 1. The zero-order chi connectivity index (χ0) is 30.8. The quantitative estimate of drug-likeness (QED) is 0.0481. The number of carboxylic acids is 1. The van der Waals surface area contributed by atoms with E-state index >= 15 is 0 Å². The molecule has 238 valence electrons. The van der Waals surface area contributed by atoms with Crippen molar-refractivity contribution in [1.82, 2.24) is 0 Å². The van der Waals surface area contributed by atoms with E-state index in [0.29, 0.717) is 19.3 Å². The summed E-state index contributed by atoms with van der Waals surface area (Å²) < 4.78 is 16.9. The summed E-state index contributed by atoms with van der Waals surface area (Å²) in [4.78, 5) is 36.2. The number of hydrogen-bond acceptors (Lipinski definition) is 6. The normalized spacial score (nSPS) is 13.5. The van der Waals surface area contributed by atoms with Gasteiger partial charge < -0.3 is 23.8 Å². The van der Waals surface area contributed by atoms with E-state index in [1.54, 1.807) is 0 Å². The Morgan fingerprint density at radius 1 is 0.732 bits per heavy atom. The summed E-state index contributed by atoms with van der Waals surface area (Å²) in [6.45, 7) is 4.50. The number of hydrogen-bond donors (Lipinski definition) is 1. The van der Waals surface area contributed by atoms with Crippen LogP contribution in [0.4, 0.5) is 0 Å². The molecule has 0 spiro atoms. The number of nitrogens with zero attached hydrogens (tertiary/aromatic N) is 1. The maximum Gasteiger partial charge on any atom is 0.362 e. The molecule has 0 bridgehead atoms. The largest absolute Gasteiger partial charge is 0.477 e. The number of unbranched alkanes of at least 4 members (excludes halogenated alkanes) is 9. The van der Waals surface area contributed by atoms with Crippen molar-refractivity contribution in [3.05, 3.63) is 24.3 Å². The number of carboxylic acid groups (broad SMARTS) is 1. The first-order valence-corrected chi connectivity index (χ1v) is 15.9. The molecule has 0 heterocycles. The molecule has 0 rings (SSSR count). The number of carbonyl (C=O) groups is 3. The molecule has 0 aromatic carbocycles. The second-order valence-corrected chi connectivity index (χ2v) is 11.7. The second kappa shape index (κ2) is 25.5. The topological polar surface area (TPSA) is 99.1 Å². The van der Waals surface area contributed by atoms with Gasteiger partial charge in [-0.3, -0.25) is 9.59 Å². The molecule has 0 aliphatic carbocycles. The lowest BCUT2D eigenvalue weighted by atomic mass is 10.1. The van der Waals surface area contributed by atoms with E-state index < -0.39 is 18.1 Å². The fourth-order valence-corrected chi connectivity index (χ4v) is 4.30. The van der Waals surface area contributed by atoms with Crippen molar-refractivity contribution in [3.63, 3.8) is 0 Å². The molecule has 2 unspecified atom stereocenters. The molecule has 0 amide bonds. The summed E-state index contributed by atoms with van der Waals surface area (Å²) in [6, 6.07) is -0.610. The van der Waals surface area contributed by atoms with Crippen LogP contribution in [0.15, 0.2) is 24.3 Å². The summed E-state index contributed by atoms with van der Waals surface area (Å²) in [7, 11) is 5.48. The van der Waals surface area contributed by atoms with Crippen LogP contribution in [0.3, 0.4) is 0 Å². The van der Waals surface area contributed by atoms with Gasteiger partial charge in [-0.05, 0) is 38.5 Å². The number of aliphatic carboxylic acids is 1. The smallest absolute Gasteiger partial charge is 0.362 e. The summed E-state index contributed by atoms with van der Waals surface area (Å²) in [5, 5.41) is 9.50. The lowest BCUT2D eigenvalue weighted by Gasteiger charge is -2.31. The van der Waals surface area contributed by atoms with E-state index in [4.69, 9.17) is 14.2 Å². The first-order valence-electron chi connectivity index (χ1n) is 15.9. The van der Waals surface area contributed by atoms with Crippen molar-refractivity contribution in [3.8, 4) is 0 Å². The highest BCUT2D eigenvalue weighted by atomic mass is 16.6. The van der Waals surface area contributed by atoms with Gasteiger partial charge in [-0.25, -0.2) is 4.79 Å². The molecule has 0 fully saturated rings. The minimum atomic E-state index is -0.882. The van der Waals surface area contributed by atoms with Crippen LogP contribution in [0.2, 0.25) is 0 Å². The van der Waals surface area contributed by atoms with Crippen LogP contribution in [-0.2, 0) is 28.6 Å². The SMILES string of the molecule is CCC/C=C\C/C=C\CCCCCCCC(=O)OC(COCCC(C(=O)O)[N+](C)(C)C)COC(=O)CCCCCC. The highest BCUT2D eigenvalue weighted by Crippen LogP contribution is 2.12. The molecule has 1 N–H and O–H groups in total. The van der Waals surface area contributed by atoms with Gasteiger partial charge in [0.05, 0.1) is 34.4 Å². The molecular weight excluding hydrogens is 522 g/mol. The number of allylic oxidation sites excluding steroid dienone is 4. The molecule has 8 nitrogen and oxygen atoms in total. The van der Waals surface area contributed by atoms with E-state index in [2.05, 4.69) is 38.2 Å². The van der Waals surface area contributed by atoms with Crippen LogP contribution >= 0.6 is 0 Å². The van der Waals surface area contributed by atoms with Crippen LogP contribution in [-0.4, -0.2) is 80.6 Å². The zero-order valence-corrected chi connectivity index (χ0v) is 26.7. The zero-order valence-electron chi connectivity index (χ0n) is 26.7. The molecular formula is C33H60NO7+. The van der Waals surface area contributed by atoms with Crippen LogP contribution in [0, 0.1) is 0 Å². The van der Waals surface area contributed by atoms with Crippen molar-refractivity contribution in [2.75, 3.05) is 41.0 Å². The number of rotatable bonds is 27. The summed E-state index contributed by atoms with van der Waals surface area (Å²) in [6.07, 6.45) is 22.7. The standard InChI is InChI=1S/C33H59NO7/c1-6-8-10-12-13-14-15-16-17-18-19-20-22-24-32(36)41-29(28-40-31(35)23-21-11-9-7-2)27-39-26-25-30(33(37)38)34(3,4)5/h10,12,14-15,29-30H,6-9,11,13,16-28H2,1-5H3/p+1/b12-10-,15-14-. The highest BCUT2D eigenvalue weighted by molar-refractivity contribution is 5.72. The fourth-order valence-electron chi connectivity index (χ4n) is 4.30. The van der Waals surface area contributed by atoms with Crippen LogP contribution < -0.4 is 0 Å². The highest BCUT2D eigenvalue weighted by Gasteiger charge is 2.31. The van der Waals surface area contributed by atoms with Crippen LogP contribution in [0.1, 0.15) is 117 Å². The van der Waals surface area contributed by atoms with E-state index in [-0.39, 0.29) is 36.2 Å². The third kappa shape index (κ3) is 24.1. The Bertz CT molecular complexity index is 742. The van der Waals surface area contributed by atoms with Gasteiger partial charge in [-0.2, -0.15) is 0 Å². The molecule has 0 aliphatic rings. The van der Waals surface area contributed by atoms with E-state index in [1.807, 2.05) is 21.1 Å². The molecule has 0 aromatic heterocycles. The van der Waals surface area contributed by atoms with Gasteiger partial charge in [-0.1, -0.05) is 83.1 Å². The Kier molecular flexibility index (Phi) is 24.2. The Balaban J connectivity index is 4.43. The van der Waals surface area contributed by atoms with Crippen molar-refractivity contribution >= 4 is 17.9 Å². The molecule has 0 aliphatic heterocycles. The predicted octanol–water partition coefficient (Wildman–Crippen LogP) is 7.01. The summed E-state index contributed by atoms with van der Waals surface area (Å²) >= 11 is 0. The van der Waals surface area contributed by atoms with Gasteiger partial charge in [0.1, 0.15) is 6.61 Å².